The average molecular weight is 280 g/mol. The van der Waals surface area contributed by atoms with Gasteiger partial charge in [0.15, 0.2) is 0 Å². The van der Waals surface area contributed by atoms with Gasteiger partial charge in [-0.3, -0.25) is 0 Å². The monoisotopic (exact) mass is 279 g/mol. The fraction of sp³-hybridized carbons (Fsp3) is 1.00. The van der Waals surface area contributed by atoms with Crippen LogP contribution in [0.15, 0.2) is 0 Å². The van der Waals surface area contributed by atoms with E-state index < -0.39 is 0 Å². The highest BCUT2D eigenvalue weighted by molar-refractivity contribution is 4.85. The van der Waals surface area contributed by atoms with Gasteiger partial charge < -0.3 is 5.32 Å². The van der Waals surface area contributed by atoms with Crippen LogP contribution in [0.3, 0.4) is 0 Å². The number of hydrogen-bond acceptors (Lipinski definition) is 1. The first-order chi connectivity index (χ1) is 9.46. The maximum atomic E-state index is 3.80. The Balaban J connectivity index is 1.97. The minimum atomic E-state index is 0.275. The van der Waals surface area contributed by atoms with Crippen molar-refractivity contribution in [3.63, 3.8) is 0 Å². The van der Waals surface area contributed by atoms with Gasteiger partial charge in [-0.2, -0.15) is 0 Å². The lowest BCUT2D eigenvalue weighted by Crippen LogP contribution is -2.42. The lowest BCUT2D eigenvalue weighted by molar-refractivity contribution is 0.135. The molecule has 1 nitrogen and oxygen atoms in total. The third-order valence-corrected chi connectivity index (χ3v) is 5.69. The minimum Gasteiger partial charge on any atom is -0.312 e. The maximum absolute atomic E-state index is 3.80. The molecule has 2 fully saturated rings. The summed E-state index contributed by atoms with van der Waals surface area (Å²) < 4.78 is 0. The Bertz CT molecular complexity index is 278. The molecule has 0 heterocycles. The topological polar surface area (TPSA) is 12.0 Å². The van der Waals surface area contributed by atoms with Crippen LogP contribution in [0, 0.1) is 23.7 Å². The SMILES string of the molecule is CC1CCCC(C2CCCCCC2CNC(C)(C)C)C1. The normalized spacial score (nSPS) is 36.6. The summed E-state index contributed by atoms with van der Waals surface area (Å²) in [5, 5.41) is 3.80. The molecule has 0 aromatic rings. The van der Waals surface area contributed by atoms with Crippen LogP contribution in [0.2, 0.25) is 0 Å². The maximum Gasteiger partial charge on any atom is 0.00966 e. The van der Waals surface area contributed by atoms with Crippen LogP contribution in [0.4, 0.5) is 0 Å². The van der Waals surface area contributed by atoms with Crippen molar-refractivity contribution >= 4 is 0 Å². The summed E-state index contributed by atoms with van der Waals surface area (Å²) in [4.78, 5) is 0. The summed E-state index contributed by atoms with van der Waals surface area (Å²) in [5.41, 5.74) is 0.275. The van der Waals surface area contributed by atoms with Crippen molar-refractivity contribution in [2.75, 3.05) is 6.54 Å². The van der Waals surface area contributed by atoms with Gasteiger partial charge in [0.1, 0.15) is 0 Å². The van der Waals surface area contributed by atoms with Crippen LogP contribution in [-0.2, 0) is 0 Å². The molecule has 0 aliphatic heterocycles. The van der Waals surface area contributed by atoms with Crippen LogP contribution in [0.25, 0.3) is 0 Å². The molecule has 2 aliphatic carbocycles. The van der Waals surface area contributed by atoms with Crippen molar-refractivity contribution in [1.29, 1.82) is 0 Å². The van der Waals surface area contributed by atoms with E-state index in [-0.39, 0.29) is 5.54 Å². The highest BCUT2D eigenvalue weighted by Crippen LogP contribution is 2.42. The second kappa shape index (κ2) is 7.29. The zero-order valence-corrected chi connectivity index (χ0v) is 14.4. The van der Waals surface area contributed by atoms with Gasteiger partial charge in [-0.05, 0) is 70.3 Å². The highest BCUT2D eigenvalue weighted by atomic mass is 14.9. The Kier molecular flexibility index (Phi) is 5.95. The standard InChI is InChI=1S/C19H37N/c1-15-9-8-11-16(13-15)18-12-7-5-6-10-17(18)14-20-19(2,3)4/h15-18,20H,5-14H2,1-4H3. The Morgan fingerprint density at radius 1 is 0.900 bits per heavy atom. The van der Waals surface area contributed by atoms with Gasteiger partial charge >= 0.3 is 0 Å². The summed E-state index contributed by atoms with van der Waals surface area (Å²) in [6, 6.07) is 0. The van der Waals surface area contributed by atoms with Crippen LogP contribution >= 0.6 is 0 Å². The van der Waals surface area contributed by atoms with E-state index in [1.807, 2.05) is 0 Å². The zero-order chi connectivity index (χ0) is 14.6. The summed E-state index contributed by atoms with van der Waals surface area (Å²) in [6.07, 6.45) is 13.4. The Morgan fingerprint density at radius 3 is 2.35 bits per heavy atom. The van der Waals surface area contributed by atoms with Crippen molar-refractivity contribution in [2.24, 2.45) is 23.7 Å². The first-order valence-corrected chi connectivity index (χ1v) is 9.21. The molecule has 1 heteroatoms. The molecule has 0 saturated heterocycles. The van der Waals surface area contributed by atoms with Crippen LogP contribution in [0.1, 0.15) is 85.5 Å². The molecule has 0 bridgehead atoms. The van der Waals surface area contributed by atoms with E-state index in [0.717, 1.165) is 23.7 Å². The van der Waals surface area contributed by atoms with Crippen molar-refractivity contribution in [3.05, 3.63) is 0 Å². The summed E-state index contributed by atoms with van der Waals surface area (Å²) >= 11 is 0. The molecule has 4 atom stereocenters. The predicted octanol–water partition coefficient (Wildman–Crippen LogP) is 5.40. The Morgan fingerprint density at radius 2 is 1.65 bits per heavy atom. The van der Waals surface area contributed by atoms with Gasteiger partial charge in [0.05, 0.1) is 0 Å². The molecule has 1 N–H and O–H groups in total. The van der Waals surface area contributed by atoms with Crippen molar-refractivity contribution in [2.45, 2.75) is 91.0 Å². The first kappa shape index (κ1) is 16.3. The quantitative estimate of drug-likeness (QED) is 0.682. The molecule has 2 rings (SSSR count). The third-order valence-electron chi connectivity index (χ3n) is 5.69. The van der Waals surface area contributed by atoms with Gasteiger partial charge in [0.2, 0.25) is 0 Å². The first-order valence-electron chi connectivity index (χ1n) is 9.21. The van der Waals surface area contributed by atoms with E-state index in [1.54, 1.807) is 0 Å². The van der Waals surface area contributed by atoms with E-state index >= 15 is 0 Å². The van der Waals surface area contributed by atoms with Gasteiger partial charge in [0, 0.05) is 5.54 Å². The van der Waals surface area contributed by atoms with Crippen LogP contribution < -0.4 is 5.32 Å². The number of nitrogens with one attached hydrogen (secondary N) is 1. The number of hydrogen-bond donors (Lipinski definition) is 1. The van der Waals surface area contributed by atoms with E-state index in [2.05, 4.69) is 33.0 Å². The van der Waals surface area contributed by atoms with Crippen molar-refractivity contribution in [1.82, 2.24) is 5.32 Å². The molecule has 20 heavy (non-hydrogen) atoms. The van der Waals surface area contributed by atoms with Crippen LogP contribution in [-0.4, -0.2) is 12.1 Å². The molecule has 0 amide bonds. The molecule has 0 spiro atoms. The van der Waals surface area contributed by atoms with Gasteiger partial charge in [-0.15, -0.1) is 0 Å². The zero-order valence-electron chi connectivity index (χ0n) is 14.4. The molecular weight excluding hydrogens is 242 g/mol. The second-order valence-corrected chi connectivity index (χ2v) is 8.72. The van der Waals surface area contributed by atoms with Gasteiger partial charge in [-0.25, -0.2) is 0 Å². The van der Waals surface area contributed by atoms with E-state index in [9.17, 15) is 0 Å². The lowest BCUT2D eigenvalue weighted by Gasteiger charge is -2.38. The fourth-order valence-corrected chi connectivity index (χ4v) is 4.59. The van der Waals surface area contributed by atoms with Gasteiger partial charge in [0.25, 0.3) is 0 Å². The molecule has 2 aliphatic rings. The number of rotatable bonds is 3. The average Bonchev–Trinajstić information content (AvgIpc) is 2.60. The molecule has 118 valence electrons. The molecule has 0 aromatic carbocycles. The van der Waals surface area contributed by atoms with Crippen LogP contribution in [0.5, 0.6) is 0 Å². The molecule has 4 unspecified atom stereocenters. The minimum absolute atomic E-state index is 0.275. The Labute approximate surface area is 127 Å². The van der Waals surface area contributed by atoms with E-state index in [0.29, 0.717) is 0 Å². The summed E-state index contributed by atoms with van der Waals surface area (Å²) in [7, 11) is 0. The predicted molar refractivity (Wildman–Crippen MR) is 88.9 cm³/mol. The van der Waals surface area contributed by atoms with Crippen molar-refractivity contribution in [3.8, 4) is 0 Å². The van der Waals surface area contributed by atoms with E-state index in [1.165, 1.54) is 64.3 Å². The lowest BCUT2D eigenvalue weighted by atomic mass is 9.69. The largest absolute Gasteiger partial charge is 0.312 e. The Hall–Kier alpha value is -0.0400. The molecule has 0 aromatic heterocycles. The smallest absolute Gasteiger partial charge is 0.00966 e. The molecule has 2 saturated carbocycles. The molecular formula is C19H37N. The highest BCUT2D eigenvalue weighted by Gasteiger charge is 2.33. The van der Waals surface area contributed by atoms with E-state index in [4.69, 9.17) is 0 Å². The van der Waals surface area contributed by atoms with Gasteiger partial charge in [-0.1, -0.05) is 45.4 Å². The second-order valence-electron chi connectivity index (χ2n) is 8.72. The summed E-state index contributed by atoms with van der Waals surface area (Å²) in [5.74, 6) is 3.96. The van der Waals surface area contributed by atoms with Crippen molar-refractivity contribution < 1.29 is 0 Å². The fourth-order valence-electron chi connectivity index (χ4n) is 4.59. The third kappa shape index (κ3) is 5.06. The molecule has 0 radical (unpaired) electrons. The summed E-state index contributed by atoms with van der Waals surface area (Å²) in [6.45, 7) is 10.6.